The molecule has 0 spiro atoms. The lowest BCUT2D eigenvalue weighted by Crippen LogP contribution is -2.32. The van der Waals surface area contributed by atoms with Crippen LogP contribution in [0.1, 0.15) is 42.3 Å². The number of carbonyl (C=O) groups is 1. The molecule has 0 aliphatic heterocycles. The van der Waals surface area contributed by atoms with E-state index in [1.807, 2.05) is 13.0 Å². The van der Waals surface area contributed by atoms with E-state index >= 15 is 0 Å². The van der Waals surface area contributed by atoms with E-state index in [1.165, 1.54) is 0 Å². The van der Waals surface area contributed by atoms with E-state index in [0.717, 1.165) is 11.1 Å². The number of aryl methyl sites for hydroxylation is 1. The second-order valence-electron chi connectivity index (χ2n) is 5.73. The average molecular weight is 259 g/mol. The first-order valence-corrected chi connectivity index (χ1v) is 6.32. The molecule has 0 saturated carbocycles. The summed E-state index contributed by atoms with van der Waals surface area (Å²) in [6.07, 6.45) is 0. The molecule has 0 fully saturated rings. The second-order valence-corrected chi connectivity index (χ2v) is 5.73. The highest BCUT2D eigenvalue weighted by Crippen LogP contribution is 2.13. The number of aliphatic hydroxyl groups excluding tert-OH is 1. The van der Waals surface area contributed by atoms with Gasteiger partial charge in [0.1, 0.15) is 6.61 Å². The summed E-state index contributed by atoms with van der Waals surface area (Å²) in [5.41, 5.74) is 2.42. The Kier molecular flexibility index (Phi) is 5.14. The van der Waals surface area contributed by atoms with Crippen molar-refractivity contribution in [3.05, 3.63) is 34.9 Å². The molecule has 0 radical (unpaired) electrons. The van der Waals surface area contributed by atoms with Crippen molar-refractivity contribution in [1.29, 1.82) is 0 Å². The number of hydrogen-bond acceptors (Lipinski definition) is 2. The van der Waals surface area contributed by atoms with Gasteiger partial charge in [-0.25, -0.2) is 0 Å². The summed E-state index contributed by atoms with van der Waals surface area (Å²) in [5, 5.41) is 11.6. The summed E-state index contributed by atoms with van der Waals surface area (Å²) in [5.74, 6) is 5.36. The van der Waals surface area contributed by atoms with Crippen LogP contribution < -0.4 is 5.32 Å². The van der Waals surface area contributed by atoms with E-state index in [0.29, 0.717) is 12.1 Å². The molecule has 0 unspecified atom stereocenters. The van der Waals surface area contributed by atoms with E-state index in [9.17, 15) is 4.79 Å². The highest BCUT2D eigenvalue weighted by Gasteiger charge is 2.13. The third kappa shape index (κ3) is 5.15. The van der Waals surface area contributed by atoms with E-state index in [4.69, 9.17) is 5.11 Å². The van der Waals surface area contributed by atoms with Gasteiger partial charge in [-0.3, -0.25) is 4.79 Å². The minimum absolute atomic E-state index is 0.0554. The van der Waals surface area contributed by atoms with Crippen molar-refractivity contribution in [2.75, 3.05) is 13.2 Å². The van der Waals surface area contributed by atoms with Crippen molar-refractivity contribution in [3.63, 3.8) is 0 Å². The maximum atomic E-state index is 12.0. The predicted octanol–water partition coefficient (Wildman–Crippen LogP) is 2.11. The van der Waals surface area contributed by atoms with Crippen LogP contribution in [0.2, 0.25) is 0 Å². The Morgan fingerprint density at radius 2 is 2.05 bits per heavy atom. The van der Waals surface area contributed by atoms with Crippen LogP contribution in [-0.2, 0) is 0 Å². The fourth-order valence-corrected chi connectivity index (χ4v) is 1.48. The summed E-state index contributed by atoms with van der Waals surface area (Å²) in [6.45, 7) is 8.58. The SMILES string of the molecule is Cc1ccc(C(=O)NCC(C)(C)C)cc1C#CCO. The Hall–Kier alpha value is -1.79. The fraction of sp³-hybridized carbons (Fsp3) is 0.438. The van der Waals surface area contributed by atoms with E-state index in [1.54, 1.807) is 12.1 Å². The second kappa shape index (κ2) is 6.40. The lowest BCUT2D eigenvalue weighted by Gasteiger charge is -2.18. The van der Waals surface area contributed by atoms with Gasteiger partial charge in [0.05, 0.1) is 0 Å². The van der Waals surface area contributed by atoms with Gasteiger partial charge in [-0.15, -0.1) is 0 Å². The zero-order chi connectivity index (χ0) is 14.5. The third-order valence-corrected chi connectivity index (χ3v) is 2.58. The van der Waals surface area contributed by atoms with Gasteiger partial charge in [-0.2, -0.15) is 0 Å². The molecule has 1 aromatic carbocycles. The van der Waals surface area contributed by atoms with Crippen LogP contribution in [0.25, 0.3) is 0 Å². The molecule has 0 bridgehead atoms. The Labute approximate surface area is 115 Å². The largest absolute Gasteiger partial charge is 0.384 e. The summed E-state index contributed by atoms with van der Waals surface area (Å²) < 4.78 is 0. The van der Waals surface area contributed by atoms with Gasteiger partial charge in [0.25, 0.3) is 5.91 Å². The Bertz CT molecular complexity index is 516. The van der Waals surface area contributed by atoms with Crippen LogP contribution in [-0.4, -0.2) is 24.2 Å². The van der Waals surface area contributed by atoms with Gasteiger partial charge in [-0.1, -0.05) is 38.7 Å². The quantitative estimate of drug-likeness (QED) is 0.799. The number of carbonyl (C=O) groups excluding carboxylic acids is 1. The standard InChI is InChI=1S/C16H21NO2/c1-12-7-8-14(10-13(12)6-5-9-18)15(19)17-11-16(2,3)4/h7-8,10,18H,9,11H2,1-4H3,(H,17,19). The summed E-state index contributed by atoms with van der Waals surface area (Å²) in [4.78, 5) is 12.0. The van der Waals surface area contributed by atoms with Crippen LogP contribution in [0, 0.1) is 24.2 Å². The Morgan fingerprint density at radius 3 is 2.63 bits per heavy atom. The zero-order valence-electron chi connectivity index (χ0n) is 12.0. The number of aliphatic hydroxyl groups is 1. The average Bonchev–Trinajstić information content (AvgIpc) is 2.34. The molecule has 0 aliphatic rings. The van der Waals surface area contributed by atoms with Crippen LogP contribution in [0.4, 0.5) is 0 Å². The van der Waals surface area contributed by atoms with Gasteiger partial charge in [-0.05, 0) is 30.0 Å². The zero-order valence-corrected chi connectivity index (χ0v) is 12.0. The van der Waals surface area contributed by atoms with Gasteiger partial charge in [0.2, 0.25) is 0 Å². The van der Waals surface area contributed by atoms with Gasteiger partial charge in [0.15, 0.2) is 0 Å². The van der Waals surface area contributed by atoms with Gasteiger partial charge >= 0.3 is 0 Å². The van der Waals surface area contributed by atoms with Crippen LogP contribution in [0.15, 0.2) is 18.2 Å². The number of nitrogens with one attached hydrogen (secondary N) is 1. The molecular weight excluding hydrogens is 238 g/mol. The molecule has 0 atom stereocenters. The maximum Gasteiger partial charge on any atom is 0.251 e. The normalized spacial score (nSPS) is 10.6. The molecule has 3 nitrogen and oxygen atoms in total. The van der Waals surface area contributed by atoms with Gasteiger partial charge in [0, 0.05) is 17.7 Å². The number of rotatable bonds is 2. The molecule has 1 rings (SSSR count). The Balaban J connectivity index is 2.87. The molecule has 3 heteroatoms. The molecule has 1 aromatic rings. The van der Waals surface area contributed by atoms with Crippen molar-refractivity contribution >= 4 is 5.91 Å². The molecule has 0 saturated heterocycles. The lowest BCUT2D eigenvalue weighted by molar-refractivity contribution is 0.0939. The first-order chi connectivity index (χ1) is 8.83. The highest BCUT2D eigenvalue weighted by atomic mass is 16.2. The molecule has 0 aromatic heterocycles. The van der Waals surface area contributed by atoms with E-state index in [2.05, 4.69) is 37.9 Å². The fourth-order valence-electron chi connectivity index (χ4n) is 1.48. The predicted molar refractivity (Wildman–Crippen MR) is 76.9 cm³/mol. The maximum absolute atomic E-state index is 12.0. The third-order valence-electron chi connectivity index (χ3n) is 2.58. The monoisotopic (exact) mass is 259 g/mol. The molecule has 19 heavy (non-hydrogen) atoms. The number of amides is 1. The first-order valence-electron chi connectivity index (χ1n) is 6.32. The molecular formula is C16H21NO2. The number of benzene rings is 1. The molecule has 0 aliphatic carbocycles. The lowest BCUT2D eigenvalue weighted by atomic mass is 9.96. The van der Waals surface area contributed by atoms with Crippen molar-refractivity contribution in [2.45, 2.75) is 27.7 Å². The summed E-state index contributed by atoms with van der Waals surface area (Å²) in [7, 11) is 0. The van der Waals surface area contributed by atoms with Crippen molar-refractivity contribution < 1.29 is 9.90 Å². The van der Waals surface area contributed by atoms with Crippen molar-refractivity contribution in [2.24, 2.45) is 5.41 Å². The van der Waals surface area contributed by atoms with Gasteiger partial charge < -0.3 is 10.4 Å². The topological polar surface area (TPSA) is 49.3 Å². The first kappa shape index (κ1) is 15.3. The molecule has 0 heterocycles. The summed E-state index contributed by atoms with van der Waals surface area (Å²) in [6, 6.07) is 5.42. The minimum Gasteiger partial charge on any atom is -0.384 e. The smallest absolute Gasteiger partial charge is 0.251 e. The molecule has 102 valence electrons. The summed E-state index contributed by atoms with van der Waals surface area (Å²) >= 11 is 0. The highest BCUT2D eigenvalue weighted by molar-refractivity contribution is 5.94. The molecule has 2 N–H and O–H groups in total. The van der Waals surface area contributed by atoms with Crippen LogP contribution >= 0.6 is 0 Å². The van der Waals surface area contributed by atoms with Crippen molar-refractivity contribution in [3.8, 4) is 11.8 Å². The number of hydrogen-bond donors (Lipinski definition) is 2. The molecule has 1 amide bonds. The van der Waals surface area contributed by atoms with E-state index in [-0.39, 0.29) is 17.9 Å². The van der Waals surface area contributed by atoms with Crippen LogP contribution in [0.3, 0.4) is 0 Å². The minimum atomic E-state index is -0.181. The Morgan fingerprint density at radius 1 is 1.37 bits per heavy atom. The van der Waals surface area contributed by atoms with Crippen LogP contribution in [0.5, 0.6) is 0 Å². The van der Waals surface area contributed by atoms with E-state index < -0.39 is 0 Å². The van der Waals surface area contributed by atoms with Crippen molar-refractivity contribution in [1.82, 2.24) is 5.32 Å².